The van der Waals surface area contributed by atoms with Crippen molar-refractivity contribution in [2.75, 3.05) is 18.4 Å². The second-order valence-electron chi connectivity index (χ2n) is 6.69. The molecule has 1 saturated heterocycles. The Labute approximate surface area is 152 Å². The second kappa shape index (κ2) is 7.43. The lowest BCUT2D eigenvalue weighted by Gasteiger charge is -2.33. The summed E-state index contributed by atoms with van der Waals surface area (Å²) in [5.41, 5.74) is 2.72. The van der Waals surface area contributed by atoms with Gasteiger partial charge in [0.1, 0.15) is 0 Å². The number of aromatic amines is 1. The molecule has 1 aliphatic rings. The van der Waals surface area contributed by atoms with E-state index in [0.717, 1.165) is 49.4 Å². The average molecular weight is 350 g/mol. The summed E-state index contributed by atoms with van der Waals surface area (Å²) in [4.78, 5) is 25.8. The van der Waals surface area contributed by atoms with Gasteiger partial charge in [-0.3, -0.25) is 0 Å². The van der Waals surface area contributed by atoms with E-state index < -0.39 is 0 Å². The summed E-state index contributed by atoms with van der Waals surface area (Å²) in [6.07, 6.45) is 11.2. The molecule has 2 aromatic heterocycles. The first-order valence-corrected chi connectivity index (χ1v) is 8.88. The molecule has 1 atom stereocenters. The molecule has 1 aliphatic heterocycles. The number of anilines is 1. The molecule has 0 spiro atoms. The number of nitrogens with one attached hydrogen (secondary N) is 2. The first-order valence-electron chi connectivity index (χ1n) is 8.88. The zero-order chi connectivity index (χ0) is 17.8. The maximum Gasteiger partial charge on any atom is 0.321 e. The van der Waals surface area contributed by atoms with Gasteiger partial charge in [-0.15, -0.1) is 0 Å². The largest absolute Gasteiger partial charge is 0.345 e. The molecular formula is C19H22N6O. The average Bonchev–Trinajstić information content (AvgIpc) is 3.36. The van der Waals surface area contributed by atoms with Crippen molar-refractivity contribution < 1.29 is 4.79 Å². The van der Waals surface area contributed by atoms with Crippen molar-refractivity contribution in [3.63, 3.8) is 0 Å². The minimum Gasteiger partial charge on any atom is -0.345 e. The summed E-state index contributed by atoms with van der Waals surface area (Å²) in [6, 6.07) is 7.75. The van der Waals surface area contributed by atoms with Crippen molar-refractivity contribution in [1.29, 1.82) is 0 Å². The van der Waals surface area contributed by atoms with E-state index in [2.05, 4.69) is 24.8 Å². The Morgan fingerprint density at radius 3 is 3.12 bits per heavy atom. The summed E-state index contributed by atoms with van der Waals surface area (Å²) in [7, 11) is 0. The summed E-state index contributed by atoms with van der Waals surface area (Å²) in [6.45, 7) is 2.47. The lowest BCUT2D eigenvalue weighted by molar-refractivity contribution is 0.170. The van der Waals surface area contributed by atoms with Crippen LogP contribution in [0.2, 0.25) is 0 Å². The van der Waals surface area contributed by atoms with Gasteiger partial charge in [0.25, 0.3) is 0 Å². The highest BCUT2D eigenvalue weighted by atomic mass is 16.2. The van der Waals surface area contributed by atoms with Crippen molar-refractivity contribution in [3.8, 4) is 11.3 Å². The third-order valence-corrected chi connectivity index (χ3v) is 4.76. The zero-order valence-electron chi connectivity index (χ0n) is 14.5. The highest BCUT2D eigenvalue weighted by Crippen LogP contribution is 2.22. The molecule has 26 heavy (non-hydrogen) atoms. The number of hydrogen-bond acceptors (Lipinski definition) is 3. The fourth-order valence-electron chi connectivity index (χ4n) is 3.47. The molecule has 0 aliphatic carbocycles. The van der Waals surface area contributed by atoms with Crippen LogP contribution in [0.15, 0.2) is 55.5 Å². The van der Waals surface area contributed by atoms with E-state index in [-0.39, 0.29) is 6.03 Å². The van der Waals surface area contributed by atoms with Crippen molar-refractivity contribution in [3.05, 3.63) is 55.5 Å². The number of urea groups is 1. The van der Waals surface area contributed by atoms with E-state index in [1.165, 1.54) is 0 Å². The Hall–Kier alpha value is -3.09. The van der Waals surface area contributed by atoms with Crippen LogP contribution < -0.4 is 5.32 Å². The Morgan fingerprint density at radius 2 is 2.31 bits per heavy atom. The van der Waals surface area contributed by atoms with E-state index >= 15 is 0 Å². The minimum atomic E-state index is -0.0397. The molecule has 7 heteroatoms. The number of benzene rings is 1. The maximum atomic E-state index is 12.7. The van der Waals surface area contributed by atoms with Crippen molar-refractivity contribution >= 4 is 11.7 Å². The van der Waals surface area contributed by atoms with E-state index in [1.807, 2.05) is 41.7 Å². The van der Waals surface area contributed by atoms with Crippen LogP contribution in [0, 0.1) is 5.92 Å². The summed E-state index contributed by atoms with van der Waals surface area (Å²) in [5, 5.41) is 3.03. The van der Waals surface area contributed by atoms with Gasteiger partial charge < -0.3 is 19.8 Å². The van der Waals surface area contributed by atoms with Crippen LogP contribution >= 0.6 is 0 Å². The molecule has 2 N–H and O–H groups in total. The molecule has 1 aromatic carbocycles. The standard InChI is InChI=1S/C19H22N6O/c26-19(23-17-5-1-4-16(9-17)18-10-21-13-22-18)25-7-2-3-15(12-25)11-24-8-6-20-14-24/h1,4-6,8-10,13-15H,2-3,7,11-12H2,(H,21,22)(H,23,26). The van der Waals surface area contributed by atoms with Gasteiger partial charge >= 0.3 is 6.03 Å². The molecule has 134 valence electrons. The third-order valence-electron chi connectivity index (χ3n) is 4.76. The number of aromatic nitrogens is 4. The van der Waals surface area contributed by atoms with E-state index in [4.69, 9.17) is 0 Å². The number of carbonyl (C=O) groups excluding carboxylic acids is 1. The van der Waals surface area contributed by atoms with Gasteiger partial charge in [0.15, 0.2) is 0 Å². The zero-order valence-corrected chi connectivity index (χ0v) is 14.5. The number of amides is 2. The summed E-state index contributed by atoms with van der Waals surface area (Å²) in [5.74, 6) is 0.458. The fraction of sp³-hybridized carbons (Fsp3) is 0.316. The molecule has 2 amide bonds. The highest BCUT2D eigenvalue weighted by Gasteiger charge is 2.24. The van der Waals surface area contributed by atoms with E-state index in [9.17, 15) is 4.79 Å². The Bertz CT molecular complexity index is 843. The second-order valence-corrected chi connectivity index (χ2v) is 6.69. The first-order chi connectivity index (χ1) is 12.8. The van der Waals surface area contributed by atoms with Crippen LogP contribution in [-0.4, -0.2) is 43.5 Å². The van der Waals surface area contributed by atoms with E-state index in [1.54, 1.807) is 18.7 Å². The minimum absolute atomic E-state index is 0.0397. The topological polar surface area (TPSA) is 78.8 Å². The predicted octanol–water partition coefficient (Wildman–Crippen LogP) is 3.22. The Kier molecular flexibility index (Phi) is 4.68. The van der Waals surface area contributed by atoms with Gasteiger partial charge in [0.2, 0.25) is 0 Å². The van der Waals surface area contributed by atoms with Crippen molar-refractivity contribution in [2.45, 2.75) is 19.4 Å². The van der Waals surface area contributed by atoms with Gasteiger partial charge in [0, 0.05) is 43.3 Å². The molecule has 0 saturated carbocycles. The van der Waals surface area contributed by atoms with Gasteiger partial charge in [-0.1, -0.05) is 12.1 Å². The molecule has 1 unspecified atom stereocenters. The van der Waals surface area contributed by atoms with Crippen molar-refractivity contribution in [2.24, 2.45) is 5.92 Å². The van der Waals surface area contributed by atoms with Gasteiger partial charge in [0.05, 0.1) is 24.5 Å². The van der Waals surface area contributed by atoms with Crippen LogP contribution in [0.1, 0.15) is 12.8 Å². The molecule has 7 nitrogen and oxygen atoms in total. The van der Waals surface area contributed by atoms with Gasteiger partial charge in [-0.2, -0.15) is 0 Å². The molecule has 3 aromatic rings. The normalized spacial score (nSPS) is 17.2. The van der Waals surface area contributed by atoms with Crippen LogP contribution in [0.5, 0.6) is 0 Å². The fourth-order valence-corrected chi connectivity index (χ4v) is 3.47. The smallest absolute Gasteiger partial charge is 0.321 e. The Balaban J connectivity index is 1.39. The number of hydrogen-bond donors (Lipinski definition) is 2. The lowest BCUT2D eigenvalue weighted by Crippen LogP contribution is -2.43. The first kappa shape index (κ1) is 16.4. The predicted molar refractivity (Wildman–Crippen MR) is 99.6 cm³/mol. The molecule has 0 radical (unpaired) electrons. The molecule has 1 fully saturated rings. The maximum absolute atomic E-state index is 12.7. The third kappa shape index (κ3) is 3.77. The van der Waals surface area contributed by atoms with Crippen LogP contribution in [0.25, 0.3) is 11.3 Å². The van der Waals surface area contributed by atoms with Crippen molar-refractivity contribution in [1.82, 2.24) is 24.4 Å². The number of rotatable bonds is 4. The monoisotopic (exact) mass is 350 g/mol. The van der Waals surface area contributed by atoms with E-state index in [0.29, 0.717) is 5.92 Å². The molecule has 0 bridgehead atoms. The SMILES string of the molecule is O=C(Nc1cccc(-c2cnc[nH]2)c1)N1CCCC(Cn2ccnc2)C1. The van der Waals surface area contributed by atoms with Gasteiger partial charge in [-0.25, -0.2) is 14.8 Å². The van der Waals surface area contributed by atoms with Crippen LogP contribution in [0.4, 0.5) is 10.5 Å². The summed E-state index contributed by atoms with van der Waals surface area (Å²) >= 11 is 0. The van der Waals surface area contributed by atoms with Crippen LogP contribution in [0.3, 0.4) is 0 Å². The number of piperidine rings is 1. The highest BCUT2D eigenvalue weighted by molar-refractivity contribution is 5.90. The number of likely N-dealkylation sites (tertiary alicyclic amines) is 1. The summed E-state index contributed by atoms with van der Waals surface area (Å²) < 4.78 is 2.08. The van der Waals surface area contributed by atoms with Gasteiger partial charge in [-0.05, 0) is 30.9 Å². The molecular weight excluding hydrogens is 328 g/mol. The number of H-pyrrole nitrogens is 1. The quantitative estimate of drug-likeness (QED) is 0.758. The molecule has 3 heterocycles. The van der Waals surface area contributed by atoms with Crippen LogP contribution in [-0.2, 0) is 6.54 Å². The number of carbonyl (C=O) groups is 1. The lowest BCUT2D eigenvalue weighted by atomic mass is 9.98. The number of nitrogens with zero attached hydrogens (tertiary/aromatic N) is 4. The Morgan fingerprint density at radius 1 is 1.35 bits per heavy atom. The number of imidazole rings is 2. The molecule has 4 rings (SSSR count).